The molecule has 0 fully saturated rings. The topological polar surface area (TPSA) is 108 Å². The van der Waals surface area contributed by atoms with Gasteiger partial charge in [0, 0.05) is 36.0 Å². The van der Waals surface area contributed by atoms with Crippen LogP contribution in [0.3, 0.4) is 0 Å². The van der Waals surface area contributed by atoms with Crippen LogP contribution < -0.4 is 20.5 Å². The van der Waals surface area contributed by atoms with E-state index in [-0.39, 0.29) is 34.6 Å². The van der Waals surface area contributed by atoms with Crippen LogP contribution in [0.4, 0.5) is 5.69 Å². The number of hydrogen-bond donors (Lipinski definition) is 2. The highest BCUT2D eigenvalue weighted by Crippen LogP contribution is 2.36. The summed E-state index contributed by atoms with van der Waals surface area (Å²) in [5, 5.41) is 3.01. The number of amides is 2. The van der Waals surface area contributed by atoms with E-state index in [2.05, 4.69) is 16.1 Å². The van der Waals surface area contributed by atoms with Gasteiger partial charge in [0.15, 0.2) is 18.1 Å². The molecule has 0 saturated carbocycles. The van der Waals surface area contributed by atoms with Crippen molar-refractivity contribution in [3.05, 3.63) is 59.0 Å². The number of aryl methyl sites for hydroxylation is 2. The first-order chi connectivity index (χ1) is 15.4. The fraction of sp³-hybridized carbons (Fsp3) is 0.261. The third-order valence-corrected chi connectivity index (χ3v) is 5.46. The summed E-state index contributed by atoms with van der Waals surface area (Å²) in [6.07, 6.45) is 5.37. The molecule has 32 heavy (non-hydrogen) atoms. The van der Waals surface area contributed by atoms with Crippen molar-refractivity contribution in [2.24, 2.45) is 5.73 Å². The summed E-state index contributed by atoms with van der Waals surface area (Å²) in [6, 6.07) is 10.5. The number of nitrogens with zero attached hydrogens (tertiary/aromatic N) is 2. The summed E-state index contributed by atoms with van der Waals surface area (Å²) < 4.78 is 12.8. The van der Waals surface area contributed by atoms with E-state index in [9.17, 15) is 9.59 Å². The molecule has 4 rings (SSSR count). The maximum Gasteiger partial charge on any atom is 0.255 e. The maximum absolute atomic E-state index is 12.9. The fourth-order valence-corrected chi connectivity index (χ4v) is 3.91. The molecule has 166 valence electrons. The van der Waals surface area contributed by atoms with Crippen molar-refractivity contribution < 1.29 is 19.1 Å². The van der Waals surface area contributed by atoms with Gasteiger partial charge in [-0.25, -0.2) is 4.98 Å². The van der Waals surface area contributed by atoms with Gasteiger partial charge in [0.1, 0.15) is 5.82 Å². The number of imidazole rings is 1. The van der Waals surface area contributed by atoms with Crippen LogP contribution in [0, 0.1) is 0 Å². The fourth-order valence-electron chi connectivity index (χ4n) is 3.65. The molecule has 2 amide bonds. The number of aromatic nitrogens is 2. The normalized spacial score (nSPS) is 12.7. The van der Waals surface area contributed by atoms with E-state index >= 15 is 0 Å². The van der Waals surface area contributed by atoms with Gasteiger partial charge < -0.3 is 25.1 Å². The number of carbonyl (C=O) groups excluding carboxylic acids is 2. The molecule has 0 unspecified atom stereocenters. The molecule has 0 atom stereocenters. The van der Waals surface area contributed by atoms with Crippen molar-refractivity contribution in [3.8, 4) is 22.8 Å². The molecule has 0 spiro atoms. The zero-order chi connectivity index (χ0) is 22.7. The molecule has 2 heterocycles. The average Bonchev–Trinajstić information content (AvgIpc) is 3.22. The molecule has 1 aromatic heterocycles. The van der Waals surface area contributed by atoms with Crippen LogP contribution in [0.15, 0.2) is 42.6 Å². The van der Waals surface area contributed by atoms with Crippen molar-refractivity contribution in [1.29, 1.82) is 0 Å². The summed E-state index contributed by atoms with van der Waals surface area (Å²) in [4.78, 5) is 28.6. The summed E-state index contributed by atoms with van der Waals surface area (Å²) >= 11 is 6.25. The van der Waals surface area contributed by atoms with Crippen LogP contribution in [0.2, 0.25) is 5.02 Å². The minimum absolute atomic E-state index is 0.132. The molecular formula is C23H23ClN4O4. The summed E-state index contributed by atoms with van der Waals surface area (Å²) in [6.45, 7) is 0.631. The Labute approximate surface area is 190 Å². The van der Waals surface area contributed by atoms with Crippen LogP contribution in [0.1, 0.15) is 29.0 Å². The third-order valence-electron chi connectivity index (χ3n) is 5.18. The zero-order valence-corrected chi connectivity index (χ0v) is 18.3. The number of methoxy groups -OCH3 is 1. The van der Waals surface area contributed by atoms with Crippen molar-refractivity contribution in [2.75, 3.05) is 19.0 Å². The number of anilines is 1. The van der Waals surface area contributed by atoms with Crippen molar-refractivity contribution in [2.45, 2.75) is 25.8 Å². The molecule has 3 N–H and O–H groups in total. The Bertz CT molecular complexity index is 1150. The van der Waals surface area contributed by atoms with Crippen LogP contribution in [-0.4, -0.2) is 35.1 Å². The number of hydrogen-bond acceptors (Lipinski definition) is 5. The Morgan fingerprint density at radius 1 is 1.25 bits per heavy atom. The minimum atomic E-state index is -0.650. The monoisotopic (exact) mass is 454 g/mol. The maximum atomic E-state index is 12.9. The van der Waals surface area contributed by atoms with Gasteiger partial charge in [0.25, 0.3) is 11.8 Å². The second-order valence-corrected chi connectivity index (χ2v) is 7.88. The molecule has 1 aliphatic heterocycles. The summed E-state index contributed by atoms with van der Waals surface area (Å²) in [5.74, 6) is 0.453. The molecule has 1 aliphatic rings. The number of benzene rings is 2. The zero-order valence-electron chi connectivity index (χ0n) is 17.6. The largest absolute Gasteiger partial charge is 0.493 e. The Balaban J connectivity index is 1.54. The van der Waals surface area contributed by atoms with E-state index in [1.807, 2.05) is 18.2 Å². The number of rotatable bonds is 7. The van der Waals surface area contributed by atoms with E-state index in [4.69, 9.17) is 31.8 Å². The molecule has 0 bridgehead atoms. The number of ether oxygens (including phenoxy) is 2. The SMILES string of the molecule is COc1cc(C(=O)Nc2cccc(-c3cn4c(n3)CCCC4)c2)cc(Cl)c1OCC(N)=O. The van der Waals surface area contributed by atoms with Crippen LogP contribution >= 0.6 is 11.6 Å². The lowest BCUT2D eigenvalue weighted by molar-refractivity contribution is -0.119. The van der Waals surface area contributed by atoms with Gasteiger partial charge in [-0.3, -0.25) is 9.59 Å². The van der Waals surface area contributed by atoms with Gasteiger partial charge in [-0.1, -0.05) is 23.7 Å². The molecule has 8 nitrogen and oxygen atoms in total. The number of nitrogens with two attached hydrogens (primary N) is 1. The van der Waals surface area contributed by atoms with Gasteiger partial charge in [0.05, 0.1) is 17.8 Å². The number of halogens is 1. The predicted octanol–water partition coefficient (Wildman–Crippen LogP) is 3.66. The second-order valence-electron chi connectivity index (χ2n) is 7.47. The summed E-state index contributed by atoms with van der Waals surface area (Å²) in [7, 11) is 1.42. The van der Waals surface area contributed by atoms with Crippen LogP contribution in [0.5, 0.6) is 11.5 Å². The molecule has 0 aliphatic carbocycles. The Morgan fingerprint density at radius 3 is 2.84 bits per heavy atom. The second kappa shape index (κ2) is 9.32. The van der Waals surface area contributed by atoms with Crippen molar-refractivity contribution in [3.63, 3.8) is 0 Å². The highest BCUT2D eigenvalue weighted by molar-refractivity contribution is 6.32. The van der Waals surface area contributed by atoms with Crippen LogP contribution in [-0.2, 0) is 17.8 Å². The molecular weight excluding hydrogens is 432 g/mol. The molecule has 9 heteroatoms. The molecule has 2 aromatic carbocycles. The molecule has 0 saturated heterocycles. The highest BCUT2D eigenvalue weighted by atomic mass is 35.5. The first kappa shape index (κ1) is 21.7. The van der Waals surface area contributed by atoms with Gasteiger partial charge in [-0.15, -0.1) is 0 Å². The average molecular weight is 455 g/mol. The first-order valence-electron chi connectivity index (χ1n) is 10.2. The van der Waals surface area contributed by atoms with Crippen molar-refractivity contribution >= 4 is 29.1 Å². The van der Waals surface area contributed by atoms with Gasteiger partial charge in [-0.2, -0.15) is 0 Å². The Hall–Kier alpha value is -3.52. The van der Waals surface area contributed by atoms with Gasteiger partial charge >= 0.3 is 0 Å². The Morgan fingerprint density at radius 2 is 2.09 bits per heavy atom. The Kier molecular flexibility index (Phi) is 6.32. The number of carbonyl (C=O) groups is 2. The standard InChI is InChI=1S/C23H23ClN4O4/c1-31-19-11-15(10-17(24)22(19)32-13-20(25)29)23(30)26-16-6-4-5-14(9-16)18-12-28-8-3-2-7-21(28)27-18/h4-6,9-12H,2-3,7-8,13H2,1H3,(H2,25,29)(H,26,30). The number of primary amides is 1. The quantitative estimate of drug-likeness (QED) is 0.566. The van der Waals surface area contributed by atoms with Crippen LogP contribution in [0.25, 0.3) is 11.3 Å². The van der Waals surface area contributed by atoms with E-state index in [1.165, 1.54) is 19.2 Å². The molecule has 3 aromatic rings. The highest BCUT2D eigenvalue weighted by Gasteiger charge is 2.18. The predicted molar refractivity (Wildman–Crippen MR) is 121 cm³/mol. The lowest BCUT2D eigenvalue weighted by atomic mass is 10.1. The smallest absolute Gasteiger partial charge is 0.255 e. The van der Waals surface area contributed by atoms with Crippen molar-refractivity contribution in [1.82, 2.24) is 9.55 Å². The minimum Gasteiger partial charge on any atom is -0.493 e. The number of nitrogens with one attached hydrogen (secondary N) is 1. The van der Waals surface area contributed by atoms with E-state index in [0.717, 1.165) is 42.9 Å². The van der Waals surface area contributed by atoms with E-state index < -0.39 is 5.91 Å². The third kappa shape index (κ3) is 4.70. The number of fused-ring (bicyclic) bond motifs is 1. The first-order valence-corrected chi connectivity index (χ1v) is 10.6. The van der Waals surface area contributed by atoms with E-state index in [1.54, 1.807) is 6.07 Å². The van der Waals surface area contributed by atoms with Gasteiger partial charge in [-0.05, 0) is 37.1 Å². The summed E-state index contributed by atoms with van der Waals surface area (Å²) in [5.41, 5.74) is 7.83. The lowest BCUT2D eigenvalue weighted by Gasteiger charge is -2.13. The molecule has 0 radical (unpaired) electrons. The lowest BCUT2D eigenvalue weighted by Crippen LogP contribution is -2.20. The van der Waals surface area contributed by atoms with Gasteiger partial charge in [0.2, 0.25) is 0 Å². The van der Waals surface area contributed by atoms with E-state index in [0.29, 0.717) is 5.69 Å².